The fraction of sp³-hybridized carbons (Fsp3) is 0.929. The number of aliphatic hydroxyl groups excluding tert-OH is 1. The van der Waals surface area contributed by atoms with Crippen LogP contribution in [-0.4, -0.2) is 59.2 Å². The van der Waals surface area contributed by atoms with Crippen molar-refractivity contribution >= 4 is 17.7 Å². The molecule has 0 aliphatic carbocycles. The number of carbonyl (C=O) groups is 1. The van der Waals surface area contributed by atoms with E-state index in [0.717, 1.165) is 38.8 Å². The van der Waals surface area contributed by atoms with Crippen LogP contribution < -0.4 is 5.32 Å². The van der Waals surface area contributed by atoms with Crippen LogP contribution in [0.3, 0.4) is 0 Å². The Bertz CT molecular complexity index is 254. The second kappa shape index (κ2) is 9.61. The van der Waals surface area contributed by atoms with E-state index in [1.807, 2.05) is 4.90 Å². The van der Waals surface area contributed by atoms with Gasteiger partial charge in [0, 0.05) is 17.8 Å². The summed E-state index contributed by atoms with van der Waals surface area (Å²) in [5.74, 6) is 0.743. The Balaban J connectivity index is 2.41. The van der Waals surface area contributed by atoms with Crippen LogP contribution in [0.2, 0.25) is 0 Å². The first kappa shape index (κ1) is 16.8. The molecule has 112 valence electrons. The number of rotatable bonds is 8. The van der Waals surface area contributed by atoms with Crippen molar-refractivity contribution in [3.63, 3.8) is 0 Å². The second-order valence-electron chi connectivity index (χ2n) is 5.04. The molecule has 1 fully saturated rings. The Morgan fingerprint density at radius 2 is 2.00 bits per heavy atom. The number of aliphatic hydroxyl groups is 1. The van der Waals surface area contributed by atoms with Crippen molar-refractivity contribution in [2.45, 2.75) is 50.8 Å². The van der Waals surface area contributed by atoms with Gasteiger partial charge in [0.25, 0.3) is 0 Å². The molecule has 0 spiro atoms. The molecule has 0 bridgehead atoms. The van der Waals surface area contributed by atoms with Crippen LogP contribution in [0.15, 0.2) is 0 Å². The molecule has 1 aliphatic rings. The molecule has 1 aliphatic heterocycles. The Morgan fingerprint density at radius 3 is 2.53 bits per heavy atom. The zero-order valence-electron chi connectivity index (χ0n) is 12.2. The molecule has 0 radical (unpaired) electrons. The molecule has 19 heavy (non-hydrogen) atoms. The number of hydrogen-bond donors (Lipinski definition) is 2. The van der Waals surface area contributed by atoms with Gasteiger partial charge in [0.05, 0.1) is 12.4 Å². The molecule has 1 amide bonds. The minimum atomic E-state index is 0.0558. The van der Waals surface area contributed by atoms with E-state index >= 15 is 0 Å². The zero-order chi connectivity index (χ0) is 14.1. The van der Waals surface area contributed by atoms with Crippen molar-refractivity contribution in [2.24, 2.45) is 0 Å². The van der Waals surface area contributed by atoms with E-state index in [-0.39, 0.29) is 18.6 Å². The highest BCUT2D eigenvalue weighted by Crippen LogP contribution is 2.21. The van der Waals surface area contributed by atoms with E-state index in [4.69, 9.17) is 5.11 Å². The molecule has 0 unspecified atom stereocenters. The quantitative estimate of drug-likeness (QED) is 0.710. The topological polar surface area (TPSA) is 52.6 Å². The minimum Gasteiger partial charge on any atom is -0.395 e. The molecule has 0 aromatic rings. The normalized spacial score (nSPS) is 16.8. The van der Waals surface area contributed by atoms with Crippen LogP contribution in [0.4, 0.5) is 0 Å². The maximum absolute atomic E-state index is 12.3. The first-order chi connectivity index (χ1) is 9.22. The Labute approximate surface area is 121 Å². The van der Waals surface area contributed by atoms with Crippen LogP contribution in [0.25, 0.3) is 0 Å². The van der Waals surface area contributed by atoms with Gasteiger partial charge < -0.3 is 15.3 Å². The maximum atomic E-state index is 12.3. The first-order valence-corrected chi connectivity index (χ1v) is 8.50. The van der Waals surface area contributed by atoms with Gasteiger partial charge in [-0.3, -0.25) is 4.79 Å². The summed E-state index contributed by atoms with van der Waals surface area (Å²) in [6.07, 6.45) is 4.23. The zero-order valence-corrected chi connectivity index (χ0v) is 13.0. The van der Waals surface area contributed by atoms with E-state index < -0.39 is 0 Å². The van der Waals surface area contributed by atoms with Crippen LogP contribution >= 0.6 is 11.8 Å². The van der Waals surface area contributed by atoms with E-state index in [0.29, 0.717) is 17.5 Å². The second-order valence-corrected chi connectivity index (χ2v) is 6.33. The summed E-state index contributed by atoms with van der Waals surface area (Å²) in [4.78, 5) is 14.2. The van der Waals surface area contributed by atoms with Gasteiger partial charge in [-0.25, -0.2) is 0 Å². The van der Waals surface area contributed by atoms with E-state index in [9.17, 15) is 4.79 Å². The van der Waals surface area contributed by atoms with Crippen molar-refractivity contribution in [1.29, 1.82) is 0 Å². The number of hydrogen-bond acceptors (Lipinski definition) is 4. The predicted molar refractivity (Wildman–Crippen MR) is 81.5 cm³/mol. The standard InChI is InChI=1S/C14H28N2O2S/c1-3-12(4-2)16(9-10-17)14(18)11-19-13-5-7-15-8-6-13/h12-13,15,17H,3-11H2,1-2H3. The summed E-state index contributed by atoms with van der Waals surface area (Å²) in [5.41, 5.74) is 0. The van der Waals surface area contributed by atoms with Crippen LogP contribution in [0, 0.1) is 0 Å². The molecule has 0 atom stereocenters. The first-order valence-electron chi connectivity index (χ1n) is 7.45. The van der Waals surface area contributed by atoms with E-state index in [1.54, 1.807) is 11.8 Å². The fourth-order valence-corrected chi connectivity index (χ4v) is 3.70. The van der Waals surface area contributed by atoms with Crippen molar-refractivity contribution in [1.82, 2.24) is 10.2 Å². The molecule has 5 heteroatoms. The number of thioether (sulfide) groups is 1. The average molecular weight is 288 g/mol. The van der Waals surface area contributed by atoms with Crippen LogP contribution in [-0.2, 0) is 4.79 Å². The number of nitrogens with one attached hydrogen (secondary N) is 1. The lowest BCUT2D eigenvalue weighted by Gasteiger charge is -2.31. The maximum Gasteiger partial charge on any atom is 0.232 e. The molecule has 0 aromatic carbocycles. The Hall–Kier alpha value is -0.260. The number of piperidine rings is 1. The third-order valence-electron chi connectivity index (χ3n) is 3.77. The molecule has 0 aromatic heterocycles. The highest BCUT2D eigenvalue weighted by molar-refractivity contribution is 8.00. The lowest BCUT2D eigenvalue weighted by atomic mass is 10.1. The van der Waals surface area contributed by atoms with Crippen molar-refractivity contribution < 1.29 is 9.90 Å². The summed E-state index contributed by atoms with van der Waals surface area (Å²) < 4.78 is 0. The van der Waals surface area contributed by atoms with Gasteiger partial charge in [-0.1, -0.05) is 13.8 Å². The van der Waals surface area contributed by atoms with Crippen LogP contribution in [0.1, 0.15) is 39.5 Å². The highest BCUT2D eigenvalue weighted by Gasteiger charge is 2.22. The van der Waals surface area contributed by atoms with Crippen LogP contribution in [0.5, 0.6) is 0 Å². The molecular formula is C14H28N2O2S. The minimum absolute atomic E-state index is 0.0558. The predicted octanol–water partition coefficient (Wildman–Crippen LogP) is 1.48. The summed E-state index contributed by atoms with van der Waals surface area (Å²) >= 11 is 1.79. The number of carbonyl (C=O) groups excluding carboxylic acids is 1. The van der Waals surface area contributed by atoms with Gasteiger partial charge in [0.1, 0.15) is 0 Å². The summed E-state index contributed by atoms with van der Waals surface area (Å²) in [6.45, 7) is 6.87. The lowest BCUT2D eigenvalue weighted by molar-refractivity contribution is -0.131. The summed E-state index contributed by atoms with van der Waals surface area (Å²) in [5, 5.41) is 13.1. The third-order valence-corrected chi connectivity index (χ3v) is 5.13. The van der Waals surface area contributed by atoms with Gasteiger partial charge in [0.15, 0.2) is 0 Å². The average Bonchev–Trinajstić information content (AvgIpc) is 2.46. The Kier molecular flexibility index (Phi) is 8.50. The van der Waals surface area contributed by atoms with Crippen molar-refractivity contribution in [3.8, 4) is 0 Å². The molecule has 1 rings (SSSR count). The van der Waals surface area contributed by atoms with Gasteiger partial charge in [0.2, 0.25) is 5.91 Å². The SMILES string of the molecule is CCC(CC)N(CCO)C(=O)CSC1CCNCC1. The molecule has 1 heterocycles. The Morgan fingerprint density at radius 1 is 1.37 bits per heavy atom. The molecule has 1 saturated heterocycles. The van der Waals surface area contributed by atoms with Crippen molar-refractivity contribution in [3.05, 3.63) is 0 Å². The number of amides is 1. The monoisotopic (exact) mass is 288 g/mol. The van der Waals surface area contributed by atoms with Gasteiger partial charge in [-0.05, 0) is 38.8 Å². The van der Waals surface area contributed by atoms with Gasteiger partial charge in [-0.15, -0.1) is 11.8 Å². The van der Waals surface area contributed by atoms with E-state index in [2.05, 4.69) is 19.2 Å². The van der Waals surface area contributed by atoms with Gasteiger partial charge >= 0.3 is 0 Å². The summed E-state index contributed by atoms with van der Waals surface area (Å²) in [7, 11) is 0. The molecular weight excluding hydrogens is 260 g/mol. The van der Waals surface area contributed by atoms with E-state index in [1.165, 1.54) is 0 Å². The summed E-state index contributed by atoms with van der Waals surface area (Å²) in [6, 6.07) is 0.272. The van der Waals surface area contributed by atoms with Crippen molar-refractivity contribution in [2.75, 3.05) is 32.0 Å². The lowest BCUT2D eigenvalue weighted by Crippen LogP contribution is -2.43. The largest absolute Gasteiger partial charge is 0.395 e. The molecule has 0 saturated carbocycles. The number of nitrogens with zero attached hydrogens (tertiary/aromatic N) is 1. The highest BCUT2D eigenvalue weighted by atomic mass is 32.2. The molecule has 4 nitrogen and oxygen atoms in total. The fourth-order valence-electron chi connectivity index (χ4n) is 2.58. The third kappa shape index (κ3) is 5.71. The van der Waals surface area contributed by atoms with Gasteiger partial charge in [-0.2, -0.15) is 0 Å². The smallest absolute Gasteiger partial charge is 0.232 e. The molecule has 2 N–H and O–H groups in total.